The number of ether oxygens (including phenoxy) is 2. The van der Waals surface area contributed by atoms with Gasteiger partial charge < -0.3 is 14.4 Å². The van der Waals surface area contributed by atoms with E-state index in [1.54, 1.807) is 0 Å². The average Bonchev–Trinajstić information content (AvgIpc) is 4.03. The number of carbonyl (C=O) groups is 2. The highest BCUT2D eigenvalue weighted by Crippen LogP contribution is 2.21. The normalized spacial score (nSPS) is 13.7. The summed E-state index contributed by atoms with van der Waals surface area (Å²) < 4.78 is 39.7. The first-order valence-corrected chi connectivity index (χ1v) is 27.5. The lowest BCUT2D eigenvalue weighted by Crippen LogP contribution is -2.32. The second-order valence-corrected chi connectivity index (χ2v) is 20.1. The summed E-state index contributed by atoms with van der Waals surface area (Å²) in [5, 5.41) is 0. The maximum absolute atomic E-state index is 12.8. The van der Waals surface area contributed by atoms with E-state index in [1.165, 1.54) is 109 Å². The number of nitrogens with zero attached hydrogens (tertiary/aromatic N) is 1. The summed E-state index contributed by atoms with van der Waals surface area (Å²) in [5.41, 5.74) is 0. The van der Waals surface area contributed by atoms with E-state index >= 15 is 0 Å². The molecule has 0 spiro atoms. The predicted octanol–water partition coefficient (Wildman–Crippen LogP) is 13.9. The van der Waals surface area contributed by atoms with Gasteiger partial charge in [0.15, 0.2) is 0 Å². The molecule has 1 N–H and O–H groups in total. The number of hydrogen-bond donors (Lipinski definition) is 1. The molecule has 1 aliphatic carbocycles. The summed E-state index contributed by atoms with van der Waals surface area (Å²) >= 11 is 0. The van der Waals surface area contributed by atoms with Gasteiger partial charge >= 0.3 is 11.9 Å². The van der Waals surface area contributed by atoms with Gasteiger partial charge in [-0.1, -0.05) is 163 Å². The minimum Gasteiger partial charge on any atom is -0.462 e. The molecule has 0 amide bonds. The first kappa shape index (κ1) is 55.8. The number of unbranched alkanes of at least 4 members (excludes halogenated alkanes) is 23. The van der Waals surface area contributed by atoms with Gasteiger partial charge in [-0.15, -0.1) is 0 Å². The number of sulfonamides is 1. The zero-order valence-corrected chi connectivity index (χ0v) is 40.3. The lowest BCUT2D eigenvalue weighted by Gasteiger charge is -2.22. The van der Waals surface area contributed by atoms with Crippen LogP contribution in [0.4, 0.5) is 0 Å². The van der Waals surface area contributed by atoms with Gasteiger partial charge in [-0.05, 0) is 110 Å². The van der Waals surface area contributed by atoms with Crippen molar-refractivity contribution in [3.05, 3.63) is 0 Å². The highest BCUT2D eigenvalue weighted by Gasteiger charge is 2.26. The summed E-state index contributed by atoms with van der Waals surface area (Å²) in [6.07, 6.45) is 41.0. The van der Waals surface area contributed by atoms with Crippen molar-refractivity contribution in [3.8, 4) is 0 Å². The van der Waals surface area contributed by atoms with Crippen molar-refractivity contribution in [2.75, 3.05) is 25.4 Å². The van der Waals surface area contributed by atoms with Crippen LogP contribution >= 0.6 is 0 Å². The van der Waals surface area contributed by atoms with E-state index in [2.05, 4.69) is 37.3 Å². The molecule has 9 heteroatoms. The van der Waals surface area contributed by atoms with Crippen molar-refractivity contribution in [1.82, 2.24) is 9.62 Å². The Kier molecular flexibility index (Phi) is 37.5. The van der Waals surface area contributed by atoms with Crippen molar-refractivity contribution >= 4 is 22.0 Å². The topological polar surface area (TPSA) is 102 Å². The van der Waals surface area contributed by atoms with Gasteiger partial charge in [-0.2, -0.15) is 0 Å². The maximum atomic E-state index is 12.8. The van der Waals surface area contributed by atoms with Gasteiger partial charge in [0.2, 0.25) is 10.0 Å². The fourth-order valence-electron chi connectivity index (χ4n) is 8.15. The molecule has 1 fully saturated rings. The van der Waals surface area contributed by atoms with E-state index in [0.717, 1.165) is 129 Å². The molecule has 0 aromatic rings. The Morgan fingerprint density at radius 1 is 0.492 bits per heavy atom. The average molecular weight is 855 g/mol. The van der Waals surface area contributed by atoms with Gasteiger partial charge in [0.1, 0.15) is 12.2 Å². The molecule has 0 bridgehead atoms. The Hall–Kier alpha value is -1.19. The summed E-state index contributed by atoms with van der Waals surface area (Å²) in [6.45, 7) is 11.7. The maximum Gasteiger partial charge on any atom is 0.306 e. The monoisotopic (exact) mass is 855 g/mol. The highest BCUT2D eigenvalue weighted by atomic mass is 32.2. The van der Waals surface area contributed by atoms with Crippen LogP contribution in [0.2, 0.25) is 0 Å². The number of nitrogens with one attached hydrogen (secondary N) is 1. The molecule has 0 aromatic heterocycles. The second kappa shape index (κ2) is 39.6. The Morgan fingerprint density at radius 2 is 0.847 bits per heavy atom. The van der Waals surface area contributed by atoms with E-state index in [9.17, 15) is 18.0 Å². The molecule has 1 rings (SSSR count). The highest BCUT2D eigenvalue weighted by molar-refractivity contribution is 7.89. The van der Waals surface area contributed by atoms with E-state index in [0.29, 0.717) is 19.3 Å². The molecule has 0 aliphatic heterocycles. The van der Waals surface area contributed by atoms with Crippen LogP contribution < -0.4 is 4.72 Å². The molecule has 1 unspecified atom stereocenters. The van der Waals surface area contributed by atoms with E-state index < -0.39 is 10.0 Å². The van der Waals surface area contributed by atoms with Crippen LogP contribution in [-0.2, 0) is 29.1 Å². The first-order chi connectivity index (χ1) is 28.7. The third-order valence-electron chi connectivity index (χ3n) is 12.2. The van der Waals surface area contributed by atoms with Crippen molar-refractivity contribution in [2.24, 2.45) is 0 Å². The molecule has 0 saturated heterocycles. The Labute approximate surface area is 366 Å². The summed E-state index contributed by atoms with van der Waals surface area (Å²) in [5.74, 6) is 0.155. The fraction of sp³-hybridized carbons (Fsp3) is 0.960. The number of carbonyl (C=O) groups excluding carboxylic acids is 2. The molecule has 350 valence electrons. The van der Waals surface area contributed by atoms with E-state index in [1.807, 2.05) is 0 Å². The fourth-order valence-corrected chi connectivity index (χ4v) is 9.52. The standard InChI is InChI=1S/C50H98N2O6S/c1-5-9-12-15-20-27-35-47(8-4)57-49(53)38-30-23-18-25-32-42-52(44-34-45-59(55,56)51-46-40-41-46)43-33-26-19-24-31-39-50(54)58-48(36-28-21-16-13-10-6-2)37-29-22-17-14-11-7-3/h46-48,51H,5-45H2,1-4H3. The number of esters is 2. The van der Waals surface area contributed by atoms with Gasteiger partial charge in [0, 0.05) is 18.9 Å². The first-order valence-electron chi connectivity index (χ1n) is 25.8. The minimum atomic E-state index is -3.20. The van der Waals surface area contributed by atoms with Crippen LogP contribution in [-0.4, -0.2) is 68.9 Å². The van der Waals surface area contributed by atoms with Crippen LogP contribution in [0.15, 0.2) is 0 Å². The molecule has 0 radical (unpaired) electrons. The molecular formula is C50H98N2O6S. The van der Waals surface area contributed by atoms with Crippen LogP contribution in [0.5, 0.6) is 0 Å². The lowest BCUT2D eigenvalue weighted by molar-refractivity contribution is -0.150. The molecular weight excluding hydrogens is 757 g/mol. The second-order valence-electron chi connectivity index (χ2n) is 18.2. The summed E-state index contributed by atoms with van der Waals surface area (Å²) in [6, 6.07) is 0.162. The number of hydrogen-bond acceptors (Lipinski definition) is 7. The zero-order valence-electron chi connectivity index (χ0n) is 39.5. The van der Waals surface area contributed by atoms with Crippen molar-refractivity contribution in [2.45, 2.75) is 284 Å². The molecule has 8 nitrogen and oxygen atoms in total. The molecule has 0 aromatic carbocycles. The van der Waals surface area contributed by atoms with Crippen molar-refractivity contribution in [1.29, 1.82) is 0 Å². The van der Waals surface area contributed by atoms with Crippen LogP contribution in [0.1, 0.15) is 265 Å². The third-order valence-corrected chi connectivity index (χ3v) is 13.7. The molecule has 1 aliphatic rings. The smallest absolute Gasteiger partial charge is 0.306 e. The SMILES string of the molecule is CCCCCCCCC(CC)OC(=O)CCCCCCCN(CCCCCCCC(=O)OC(CCCCCCCC)CCCCCCCC)CCCS(=O)(=O)NC1CC1. The molecule has 1 saturated carbocycles. The largest absolute Gasteiger partial charge is 0.462 e. The van der Waals surface area contributed by atoms with Crippen LogP contribution in [0.3, 0.4) is 0 Å². The predicted molar refractivity (Wildman–Crippen MR) is 250 cm³/mol. The van der Waals surface area contributed by atoms with Gasteiger partial charge in [0.05, 0.1) is 5.75 Å². The Balaban J connectivity index is 2.35. The van der Waals surface area contributed by atoms with Crippen LogP contribution in [0.25, 0.3) is 0 Å². The minimum absolute atomic E-state index is 0.00636. The molecule has 1 atom stereocenters. The van der Waals surface area contributed by atoms with Crippen LogP contribution in [0, 0.1) is 0 Å². The Bertz CT molecular complexity index is 1050. The molecule has 0 heterocycles. The zero-order chi connectivity index (χ0) is 43.1. The third kappa shape index (κ3) is 37.1. The summed E-state index contributed by atoms with van der Waals surface area (Å²) in [4.78, 5) is 27.8. The van der Waals surface area contributed by atoms with Crippen molar-refractivity contribution in [3.63, 3.8) is 0 Å². The lowest BCUT2D eigenvalue weighted by atomic mass is 10.0. The van der Waals surface area contributed by atoms with E-state index in [4.69, 9.17) is 9.47 Å². The quantitative estimate of drug-likeness (QED) is 0.0480. The Morgan fingerprint density at radius 3 is 1.27 bits per heavy atom. The molecule has 59 heavy (non-hydrogen) atoms. The van der Waals surface area contributed by atoms with Gasteiger partial charge in [-0.25, -0.2) is 13.1 Å². The van der Waals surface area contributed by atoms with E-state index in [-0.39, 0.29) is 35.9 Å². The van der Waals surface area contributed by atoms with Crippen molar-refractivity contribution < 1.29 is 27.5 Å². The number of rotatable bonds is 46. The summed E-state index contributed by atoms with van der Waals surface area (Å²) in [7, 11) is -3.20. The van der Waals surface area contributed by atoms with Gasteiger partial charge in [0.25, 0.3) is 0 Å². The van der Waals surface area contributed by atoms with Gasteiger partial charge in [-0.3, -0.25) is 9.59 Å².